The lowest BCUT2D eigenvalue weighted by Crippen LogP contribution is -2.36. The number of benzene rings is 1. The molecule has 2 aromatic rings. The van der Waals surface area contributed by atoms with Crippen LogP contribution in [0.2, 0.25) is 0 Å². The van der Waals surface area contributed by atoms with Crippen LogP contribution in [0.15, 0.2) is 24.3 Å². The summed E-state index contributed by atoms with van der Waals surface area (Å²) in [6.45, 7) is 4.61. The third-order valence-electron chi connectivity index (χ3n) is 4.11. The fourth-order valence-corrected chi connectivity index (χ4v) is 2.85. The normalized spacial score (nSPS) is 29.2. The zero-order valence-corrected chi connectivity index (χ0v) is 9.80. The molecule has 3 rings (SSSR count). The van der Waals surface area contributed by atoms with E-state index in [1.54, 1.807) is 0 Å². The Balaban J connectivity index is 1.96. The molecule has 0 saturated heterocycles. The first kappa shape index (κ1) is 9.82. The molecule has 1 heterocycles. The van der Waals surface area contributed by atoms with Crippen LogP contribution in [0.3, 0.4) is 0 Å². The fourth-order valence-electron chi connectivity index (χ4n) is 2.85. The number of hydrogen-bond acceptors (Lipinski definition) is 2. The molecule has 2 unspecified atom stereocenters. The third-order valence-corrected chi connectivity index (χ3v) is 4.11. The molecule has 3 atom stereocenters. The molecular weight excluding hydrogens is 198 g/mol. The van der Waals surface area contributed by atoms with Crippen LogP contribution < -0.4 is 0 Å². The van der Waals surface area contributed by atoms with Gasteiger partial charge in [0.15, 0.2) is 0 Å². The topological polar surface area (TPSA) is 30.7 Å². The summed E-state index contributed by atoms with van der Waals surface area (Å²) in [7, 11) is 0. The SMILES string of the molecule is CC[C@H]1CC(n2nnc3ccccc32)C1C. The first-order valence-electron chi connectivity index (χ1n) is 6.11. The van der Waals surface area contributed by atoms with Crippen LogP contribution in [0.25, 0.3) is 11.0 Å². The van der Waals surface area contributed by atoms with Crippen LogP contribution in [0.5, 0.6) is 0 Å². The van der Waals surface area contributed by atoms with Crippen molar-refractivity contribution in [3.8, 4) is 0 Å². The van der Waals surface area contributed by atoms with Crippen molar-refractivity contribution in [2.45, 2.75) is 32.7 Å². The van der Waals surface area contributed by atoms with E-state index in [0.29, 0.717) is 6.04 Å². The van der Waals surface area contributed by atoms with Gasteiger partial charge in [-0.05, 0) is 30.4 Å². The Morgan fingerprint density at radius 3 is 2.94 bits per heavy atom. The molecule has 3 nitrogen and oxygen atoms in total. The summed E-state index contributed by atoms with van der Waals surface area (Å²) >= 11 is 0. The molecule has 1 saturated carbocycles. The van der Waals surface area contributed by atoms with E-state index in [0.717, 1.165) is 17.4 Å². The zero-order chi connectivity index (χ0) is 11.1. The van der Waals surface area contributed by atoms with Crippen molar-refractivity contribution < 1.29 is 0 Å². The predicted molar refractivity (Wildman–Crippen MR) is 64.1 cm³/mol. The molecule has 0 radical (unpaired) electrons. The van der Waals surface area contributed by atoms with E-state index < -0.39 is 0 Å². The zero-order valence-electron chi connectivity index (χ0n) is 9.80. The molecule has 0 N–H and O–H groups in total. The quantitative estimate of drug-likeness (QED) is 0.771. The number of nitrogens with zero attached hydrogens (tertiary/aromatic N) is 3. The summed E-state index contributed by atoms with van der Waals surface area (Å²) in [4.78, 5) is 0. The third kappa shape index (κ3) is 1.27. The van der Waals surface area contributed by atoms with Gasteiger partial charge in [-0.2, -0.15) is 0 Å². The summed E-state index contributed by atoms with van der Waals surface area (Å²) in [5.41, 5.74) is 2.18. The Hall–Kier alpha value is -1.38. The summed E-state index contributed by atoms with van der Waals surface area (Å²) < 4.78 is 2.12. The van der Waals surface area contributed by atoms with Gasteiger partial charge in [-0.3, -0.25) is 0 Å². The average molecular weight is 215 g/mol. The second-order valence-corrected chi connectivity index (χ2v) is 4.85. The van der Waals surface area contributed by atoms with E-state index in [1.807, 2.05) is 12.1 Å². The lowest BCUT2D eigenvalue weighted by atomic mass is 9.69. The maximum absolute atomic E-state index is 4.30. The van der Waals surface area contributed by atoms with E-state index in [-0.39, 0.29) is 0 Å². The molecule has 1 aromatic heterocycles. The molecule has 0 bridgehead atoms. The molecule has 1 aliphatic carbocycles. The Morgan fingerprint density at radius 1 is 1.38 bits per heavy atom. The molecule has 16 heavy (non-hydrogen) atoms. The lowest BCUT2D eigenvalue weighted by molar-refractivity contribution is 0.0847. The summed E-state index contributed by atoms with van der Waals surface area (Å²) in [5.74, 6) is 1.60. The highest BCUT2D eigenvalue weighted by Gasteiger charge is 2.38. The lowest BCUT2D eigenvalue weighted by Gasteiger charge is -2.42. The highest BCUT2D eigenvalue weighted by Crippen LogP contribution is 2.45. The minimum Gasteiger partial charge on any atom is -0.241 e. The predicted octanol–water partition coefficient (Wildman–Crippen LogP) is 3.04. The monoisotopic (exact) mass is 215 g/mol. The van der Waals surface area contributed by atoms with Gasteiger partial charge in [0.2, 0.25) is 0 Å². The van der Waals surface area contributed by atoms with Crippen LogP contribution in [0, 0.1) is 11.8 Å². The molecule has 3 heteroatoms. The second kappa shape index (κ2) is 3.58. The van der Waals surface area contributed by atoms with Crippen molar-refractivity contribution in [2.75, 3.05) is 0 Å². The largest absolute Gasteiger partial charge is 0.241 e. The Bertz CT molecular complexity index is 503. The summed E-state index contributed by atoms with van der Waals surface area (Å²) in [5, 5.41) is 8.52. The number of para-hydroxylation sites is 1. The minimum absolute atomic E-state index is 0.553. The maximum atomic E-state index is 4.30. The van der Waals surface area contributed by atoms with Gasteiger partial charge in [0.05, 0.1) is 11.6 Å². The van der Waals surface area contributed by atoms with Crippen LogP contribution in [-0.4, -0.2) is 15.0 Å². The molecule has 0 aliphatic heterocycles. The minimum atomic E-state index is 0.553. The van der Waals surface area contributed by atoms with Crippen molar-refractivity contribution in [2.24, 2.45) is 11.8 Å². The van der Waals surface area contributed by atoms with E-state index in [1.165, 1.54) is 18.4 Å². The first-order chi connectivity index (χ1) is 7.81. The second-order valence-electron chi connectivity index (χ2n) is 4.85. The van der Waals surface area contributed by atoms with Crippen molar-refractivity contribution in [3.05, 3.63) is 24.3 Å². The van der Waals surface area contributed by atoms with Gasteiger partial charge in [0.25, 0.3) is 0 Å². The van der Waals surface area contributed by atoms with Crippen molar-refractivity contribution in [1.29, 1.82) is 0 Å². The Morgan fingerprint density at radius 2 is 2.19 bits per heavy atom. The number of rotatable bonds is 2. The van der Waals surface area contributed by atoms with Crippen molar-refractivity contribution in [3.63, 3.8) is 0 Å². The number of fused-ring (bicyclic) bond motifs is 1. The van der Waals surface area contributed by atoms with E-state index in [4.69, 9.17) is 0 Å². The molecule has 1 aromatic carbocycles. The Kier molecular flexibility index (Phi) is 2.20. The molecule has 84 valence electrons. The first-order valence-corrected chi connectivity index (χ1v) is 6.11. The van der Waals surface area contributed by atoms with Gasteiger partial charge >= 0.3 is 0 Å². The summed E-state index contributed by atoms with van der Waals surface area (Å²) in [6.07, 6.45) is 2.54. The average Bonchev–Trinajstić information content (AvgIpc) is 2.72. The standard InChI is InChI=1S/C13H17N3/c1-3-10-8-13(9(10)2)16-12-7-5-4-6-11(12)14-15-16/h4-7,9-10,13H,3,8H2,1-2H3/t9?,10-,13?/m0/s1. The van der Waals surface area contributed by atoms with E-state index in [2.05, 4.69) is 41.0 Å². The highest BCUT2D eigenvalue weighted by molar-refractivity contribution is 5.74. The van der Waals surface area contributed by atoms with Crippen LogP contribution in [0.1, 0.15) is 32.7 Å². The maximum Gasteiger partial charge on any atom is 0.113 e. The summed E-state index contributed by atoms with van der Waals surface area (Å²) in [6, 6.07) is 8.77. The van der Waals surface area contributed by atoms with E-state index in [9.17, 15) is 0 Å². The fraction of sp³-hybridized carbons (Fsp3) is 0.538. The van der Waals surface area contributed by atoms with Crippen molar-refractivity contribution in [1.82, 2.24) is 15.0 Å². The Labute approximate surface area is 95.5 Å². The highest BCUT2D eigenvalue weighted by atomic mass is 15.4. The number of hydrogen-bond donors (Lipinski definition) is 0. The molecular formula is C13H17N3. The van der Waals surface area contributed by atoms with Gasteiger partial charge in [-0.15, -0.1) is 5.10 Å². The molecule has 0 amide bonds. The van der Waals surface area contributed by atoms with Crippen LogP contribution in [0.4, 0.5) is 0 Å². The van der Waals surface area contributed by atoms with Gasteiger partial charge in [0.1, 0.15) is 5.52 Å². The van der Waals surface area contributed by atoms with Crippen LogP contribution in [-0.2, 0) is 0 Å². The molecule has 1 aliphatic rings. The smallest absolute Gasteiger partial charge is 0.113 e. The van der Waals surface area contributed by atoms with Crippen molar-refractivity contribution >= 4 is 11.0 Å². The van der Waals surface area contributed by atoms with Gasteiger partial charge in [-0.25, -0.2) is 4.68 Å². The molecule has 0 spiro atoms. The van der Waals surface area contributed by atoms with Crippen LogP contribution >= 0.6 is 0 Å². The van der Waals surface area contributed by atoms with Gasteiger partial charge in [0, 0.05) is 0 Å². The van der Waals surface area contributed by atoms with Gasteiger partial charge in [-0.1, -0.05) is 37.6 Å². The van der Waals surface area contributed by atoms with E-state index >= 15 is 0 Å². The van der Waals surface area contributed by atoms with Gasteiger partial charge < -0.3 is 0 Å². The number of aromatic nitrogens is 3. The molecule has 1 fully saturated rings.